The fourth-order valence-electron chi connectivity index (χ4n) is 0.669. The van der Waals surface area contributed by atoms with Gasteiger partial charge in [-0.1, -0.05) is 0 Å². The standard InChI is InChI=1S/C6H13N5/c1-4(7)5-8-6(10-9-5)11(2)3/h4H,7H2,1-3H3,(H,8,9,10). The molecule has 0 spiro atoms. The van der Waals surface area contributed by atoms with Crippen molar-refractivity contribution in [3.8, 4) is 0 Å². The Labute approximate surface area is 65.6 Å². The average Bonchev–Trinajstić information content (AvgIpc) is 2.33. The third-order valence-electron chi connectivity index (χ3n) is 1.32. The lowest BCUT2D eigenvalue weighted by Crippen LogP contribution is -2.11. The lowest BCUT2D eigenvalue weighted by atomic mass is 10.3. The highest BCUT2D eigenvalue weighted by molar-refractivity contribution is 5.25. The minimum absolute atomic E-state index is 0.0869. The molecular formula is C6H13N5. The van der Waals surface area contributed by atoms with Gasteiger partial charge in [-0.2, -0.15) is 4.98 Å². The van der Waals surface area contributed by atoms with Gasteiger partial charge in [-0.3, -0.25) is 5.10 Å². The van der Waals surface area contributed by atoms with Crippen LogP contribution in [-0.2, 0) is 0 Å². The Morgan fingerprint density at radius 3 is 2.45 bits per heavy atom. The summed E-state index contributed by atoms with van der Waals surface area (Å²) in [5, 5.41) is 6.71. The van der Waals surface area contributed by atoms with Crippen molar-refractivity contribution in [2.24, 2.45) is 5.73 Å². The third kappa shape index (κ3) is 1.68. The fourth-order valence-corrected chi connectivity index (χ4v) is 0.669. The van der Waals surface area contributed by atoms with E-state index in [1.54, 1.807) is 0 Å². The zero-order chi connectivity index (χ0) is 8.43. The molecule has 1 heterocycles. The van der Waals surface area contributed by atoms with Crippen LogP contribution in [-0.4, -0.2) is 29.3 Å². The Morgan fingerprint density at radius 1 is 1.55 bits per heavy atom. The zero-order valence-corrected chi connectivity index (χ0v) is 7.00. The molecule has 1 aromatic heterocycles. The summed E-state index contributed by atoms with van der Waals surface area (Å²) in [7, 11) is 3.77. The smallest absolute Gasteiger partial charge is 0.244 e. The number of aromatic amines is 1. The van der Waals surface area contributed by atoms with Crippen molar-refractivity contribution in [2.45, 2.75) is 13.0 Å². The predicted molar refractivity (Wildman–Crippen MR) is 43.3 cm³/mol. The number of nitrogens with zero attached hydrogens (tertiary/aromatic N) is 3. The summed E-state index contributed by atoms with van der Waals surface area (Å²) in [4.78, 5) is 5.97. The number of hydrogen-bond acceptors (Lipinski definition) is 4. The molecule has 0 aliphatic rings. The Kier molecular flexibility index (Phi) is 2.09. The van der Waals surface area contributed by atoms with Crippen molar-refractivity contribution >= 4 is 5.95 Å². The quantitative estimate of drug-likeness (QED) is 0.625. The van der Waals surface area contributed by atoms with Gasteiger partial charge in [-0.15, -0.1) is 5.10 Å². The Balaban J connectivity index is 2.82. The second-order valence-electron chi connectivity index (χ2n) is 2.70. The van der Waals surface area contributed by atoms with Crippen molar-refractivity contribution < 1.29 is 0 Å². The summed E-state index contributed by atoms with van der Waals surface area (Å²) in [6, 6.07) is -0.0869. The van der Waals surface area contributed by atoms with Crippen LogP contribution in [0.5, 0.6) is 0 Å². The molecule has 0 bridgehead atoms. The van der Waals surface area contributed by atoms with Crippen molar-refractivity contribution in [2.75, 3.05) is 19.0 Å². The summed E-state index contributed by atoms with van der Waals surface area (Å²) < 4.78 is 0. The molecule has 0 saturated carbocycles. The number of rotatable bonds is 2. The SMILES string of the molecule is CC(N)c1nc(N(C)C)n[nH]1. The molecule has 0 aromatic carbocycles. The van der Waals surface area contributed by atoms with Gasteiger partial charge in [0.2, 0.25) is 5.95 Å². The van der Waals surface area contributed by atoms with Gasteiger partial charge in [0.1, 0.15) is 5.82 Å². The van der Waals surface area contributed by atoms with Crippen LogP contribution in [0, 0.1) is 0 Å². The van der Waals surface area contributed by atoms with Crippen LogP contribution in [0.2, 0.25) is 0 Å². The van der Waals surface area contributed by atoms with Gasteiger partial charge in [0.15, 0.2) is 0 Å². The van der Waals surface area contributed by atoms with Crippen molar-refractivity contribution in [3.63, 3.8) is 0 Å². The summed E-state index contributed by atoms with van der Waals surface area (Å²) >= 11 is 0. The van der Waals surface area contributed by atoms with Gasteiger partial charge in [-0.05, 0) is 6.92 Å². The lowest BCUT2D eigenvalue weighted by Gasteiger charge is -2.03. The maximum atomic E-state index is 5.57. The van der Waals surface area contributed by atoms with Gasteiger partial charge in [-0.25, -0.2) is 0 Å². The second-order valence-corrected chi connectivity index (χ2v) is 2.70. The van der Waals surface area contributed by atoms with Crippen LogP contribution < -0.4 is 10.6 Å². The molecule has 0 radical (unpaired) electrons. The third-order valence-corrected chi connectivity index (χ3v) is 1.32. The highest BCUT2D eigenvalue weighted by atomic mass is 15.3. The monoisotopic (exact) mass is 155 g/mol. The largest absolute Gasteiger partial charge is 0.346 e. The molecule has 1 unspecified atom stereocenters. The Bertz CT molecular complexity index is 204. The van der Waals surface area contributed by atoms with E-state index in [2.05, 4.69) is 15.2 Å². The van der Waals surface area contributed by atoms with Crippen LogP contribution in [0.3, 0.4) is 0 Å². The van der Waals surface area contributed by atoms with Crippen LogP contribution in [0.4, 0.5) is 5.95 Å². The number of hydrogen-bond donors (Lipinski definition) is 2. The van der Waals surface area contributed by atoms with Gasteiger partial charge in [0.05, 0.1) is 6.04 Å². The van der Waals surface area contributed by atoms with Crippen LogP contribution in [0.25, 0.3) is 0 Å². The molecule has 0 saturated heterocycles. The summed E-state index contributed by atoms with van der Waals surface area (Å²) in [5.41, 5.74) is 5.57. The fraction of sp³-hybridized carbons (Fsp3) is 0.667. The van der Waals surface area contributed by atoms with Crippen LogP contribution in [0.15, 0.2) is 0 Å². The molecule has 0 amide bonds. The first-order valence-corrected chi connectivity index (χ1v) is 3.46. The number of aromatic nitrogens is 3. The first kappa shape index (κ1) is 8.00. The van der Waals surface area contributed by atoms with E-state index in [9.17, 15) is 0 Å². The lowest BCUT2D eigenvalue weighted by molar-refractivity contribution is 0.745. The number of H-pyrrole nitrogens is 1. The maximum Gasteiger partial charge on any atom is 0.244 e. The molecule has 0 fully saturated rings. The molecule has 1 aromatic rings. The number of nitrogens with two attached hydrogens (primary N) is 1. The highest BCUT2D eigenvalue weighted by Crippen LogP contribution is 2.06. The van der Waals surface area contributed by atoms with E-state index in [1.165, 1.54) is 0 Å². The molecule has 3 N–H and O–H groups in total. The van der Waals surface area contributed by atoms with E-state index in [0.29, 0.717) is 11.8 Å². The van der Waals surface area contributed by atoms with E-state index in [-0.39, 0.29) is 6.04 Å². The molecular weight excluding hydrogens is 142 g/mol. The molecule has 0 aliphatic heterocycles. The molecule has 5 nitrogen and oxygen atoms in total. The van der Waals surface area contributed by atoms with Crippen molar-refractivity contribution in [1.29, 1.82) is 0 Å². The van der Waals surface area contributed by atoms with Gasteiger partial charge in [0.25, 0.3) is 0 Å². The topological polar surface area (TPSA) is 70.8 Å². The van der Waals surface area contributed by atoms with Crippen molar-refractivity contribution in [3.05, 3.63) is 5.82 Å². The second kappa shape index (κ2) is 2.87. The van der Waals surface area contributed by atoms with Gasteiger partial charge in [0, 0.05) is 14.1 Å². The molecule has 11 heavy (non-hydrogen) atoms. The Hall–Kier alpha value is -1.10. The first-order chi connectivity index (χ1) is 5.11. The Morgan fingerprint density at radius 2 is 2.18 bits per heavy atom. The molecule has 62 valence electrons. The minimum Gasteiger partial charge on any atom is -0.346 e. The normalized spacial score (nSPS) is 13.1. The minimum atomic E-state index is -0.0869. The number of nitrogens with one attached hydrogen (secondary N) is 1. The van der Waals surface area contributed by atoms with Crippen molar-refractivity contribution in [1.82, 2.24) is 15.2 Å². The van der Waals surface area contributed by atoms with Crippen LogP contribution in [0.1, 0.15) is 18.8 Å². The van der Waals surface area contributed by atoms with E-state index in [1.807, 2.05) is 25.9 Å². The summed E-state index contributed by atoms with van der Waals surface area (Å²) in [6.07, 6.45) is 0. The van der Waals surface area contributed by atoms with E-state index in [4.69, 9.17) is 5.73 Å². The predicted octanol–water partition coefficient (Wildman–Crippen LogP) is -0.110. The average molecular weight is 155 g/mol. The highest BCUT2D eigenvalue weighted by Gasteiger charge is 2.06. The zero-order valence-electron chi connectivity index (χ0n) is 7.00. The summed E-state index contributed by atoms with van der Waals surface area (Å²) in [6.45, 7) is 1.86. The van der Waals surface area contributed by atoms with Crippen LogP contribution >= 0.6 is 0 Å². The molecule has 0 aliphatic carbocycles. The number of anilines is 1. The molecule has 1 atom stereocenters. The van der Waals surface area contributed by atoms with E-state index in [0.717, 1.165) is 0 Å². The van der Waals surface area contributed by atoms with Gasteiger partial charge < -0.3 is 10.6 Å². The summed E-state index contributed by atoms with van der Waals surface area (Å²) in [5.74, 6) is 1.38. The molecule has 1 rings (SSSR count). The molecule has 5 heteroatoms. The van der Waals surface area contributed by atoms with E-state index < -0.39 is 0 Å². The first-order valence-electron chi connectivity index (χ1n) is 3.46. The maximum absolute atomic E-state index is 5.57. The van der Waals surface area contributed by atoms with E-state index >= 15 is 0 Å². The van der Waals surface area contributed by atoms with Gasteiger partial charge >= 0.3 is 0 Å².